The SMILES string of the molecule is CC(C)(CCl)C(=O)NCc1ncccc1N. The van der Waals surface area contributed by atoms with E-state index in [-0.39, 0.29) is 11.8 Å². The fourth-order valence-electron chi connectivity index (χ4n) is 1.06. The van der Waals surface area contributed by atoms with Crippen LogP contribution < -0.4 is 11.1 Å². The third-order valence-corrected chi connectivity index (χ3v) is 2.96. The van der Waals surface area contributed by atoms with Gasteiger partial charge >= 0.3 is 0 Å². The van der Waals surface area contributed by atoms with Crippen molar-refractivity contribution >= 4 is 23.2 Å². The molecule has 16 heavy (non-hydrogen) atoms. The normalized spacial score (nSPS) is 11.2. The van der Waals surface area contributed by atoms with Gasteiger partial charge in [-0.15, -0.1) is 11.6 Å². The highest BCUT2D eigenvalue weighted by Crippen LogP contribution is 2.17. The van der Waals surface area contributed by atoms with Crippen LogP contribution in [0.2, 0.25) is 0 Å². The molecule has 4 nitrogen and oxygen atoms in total. The highest BCUT2D eigenvalue weighted by atomic mass is 35.5. The molecular formula is C11H16ClN3O. The fraction of sp³-hybridized carbons (Fsp3) is 0.455. The van der Waals surface area contributed by atoms with Crippen LogP contribution in [0.15, 0.2) is 18.3 Å². The van der Waals surface area contributed by atoms with E-state index in [2.05, 4.69) is 10.3 Å². The van der Waals surface area contributed by atoms with Crippen LogP contribution in [0, 0.1) is 5.41 Å². The van der Waals surface area contributed by atoms with Crippen molar-refractivity contribution < 1.29 is 4.79 Å². The van der Waals surface area contributed by atoms with Gasteiger partial charge in [0.15, 0.2) is 0 Å². The Hall–Kier alpha value is -1.29. The van der Waals surface area contributed by atoms with Crippen molar-refractivity contribution in [1.82, 2.24) is 10.3 Å². The molecule has 1 rings (SSSR count). The van der Waals surface area contributed by atoms with Gasteiger partial charge < -0.3 is 11.1 Å². The van der Waals surface area contributed by atoms with Gasteiger partial charge in [-0.25, -0.2) is 0 Å². The largest absolute Gasteiger partial charge is 0.397 e. The molecule has 0 fully saturated rings. The van der Waals surface area contributed by atoms with Gasteiger partial charge in [0, 0.05) is 12.1 Å². The summed E-state index contributed by atoms with van der Waals surface area (Å²) in [6, 6.07) is 3.50. The maximum Gasteiger partial charge on any atom is 0.227 e. The summed E-state index contributed by atoms with van der Waals surface area (Å²) in [7, 11) is 0. The number of hydrogen-bond acceptors (Lipinski definition) is 3. The summed E-state index contributed by atoms with van der Waals surface area (Å²) in [4.78, 5) is 15.8. The summed E-state index contributed by atoms with van der Waals surface area (Å²) in [6.45, 7) is 3.90. The van der Waals surface area contributed by atoms with Crippen LogP contribution in [0.25, 0.3) is 0 Å². The van der Waals surface area contributed by atoms with Crippen LogP contribution in [-0.4, -0.2) is 16.8 Å². The lowest BCUT2D eigenvalue weighted by Gasteiger charge is -2.20. The van der Waals surface area contributed by atoms with Crippen molar-refractivity contribution in [2.75, 3.05) is 11.6 Å². The van der Waals surface area contributed by atoms with Crippen molar-refractivity contribution in [2.45, 2.75) is 20.4 Å². The van der Waals surface area contributed by atoms with Crippen LogP contribution in [0.4, 0.5) is 5.69 Å². The molecule has 0 aliphatic carbocycles. The monoisotopic (exact) mass is 241 g/mol. The summed E-state index contributed by atoms with van der Waals surface area (Å²) in [6.07, 6.45) is 1.64. The molecular weight excluding hydrogens is 226 g/mol. The van der Waals surface area contributed by atoms with Gasteiger partial charge in [-0.2, -0.15) is 0 Å². The average Bonchev–Trinajstić information content (AvgIpc) is 2.27. The second kappa shape index (κ2) is 5.16. The lowest BCUT2D eigenvalue weighted by atomic mass is 9.95. The first-order chi connectivity index (χ1) is 7.47. The zero-order chi connectivity index (χ0) is 12.2. The molecule has 1 aromatic heterocycles. The number of alkyl halides is 1. The first kappa shape index (κ1) is 12.8. The highest BCUT2D eigenvalue weighted by molar-refractivity contribution is 6.19. The number of carbonyl (C=O) groups excluding carboxylic acids is 1. The summed E-state index contributed by atoms with van der Waals surface area (Å²) < 4.78 is 0. The molecule has 0 aliphatic heterocycles. The van der Waals surface area contributed by atoms with E-state index >= 15 is 0 Å². The van der Waals surface area contributed by atoms with Crippen LogP contribution >= 0.6 is 11.6 Å². The number of pyridine rings is 1. The molecule has 0 bridgehead atoms. The van der Waals surface area contributed by atoms with E-state index in [9.17, 15) is 4.79 Å². The number of carbonyl (C=O) groups is 1. The van der Waals surface area contributed by atoms with Gasteiger partial charge in [-0.1, -0.05) is 0 Å². The van der Waals surface area contributed by atoms with Crippen molar-refractivity contribution in [3.8, 4) is 0 Å². The number of anilines is 1. The third kappa shape index (κ3) is 3.10. The molecule has 0 aliphatic rings. The van der Waals surface area contributed by atoms with Crippen molar-refractivity contribution in [2.24, 2.45) is 5.41 Å². The quantitative estimate of drug-likeness (QED) is 0.786. The Morgan fingerprint density at radius 2 is 2.31 bits per heavy atom. The number of hydrogen-bond donors (Lipinski definition) is 2. The van der Waals surface area contributed by atoms with E-state index in [4.69, 9.17) is 17.3 Å². The van der Waals surface area contributed by atoms with Crippen molar-refractivity contribution in [1.29, 1.82) is 0 Å². The van der Waals surface area contributed by atoms with Crippen LogP contribution in [0.3, 0.4) is 0 Å². The first-order valence-electron chi connectivity index (χ1n) is 5.01. The molecule has 0 spiro atoms. The van der Waals surface area contributed by atoms with Crippen LogP contribution in [0.1, 0.15) is 19.5 Å². The Kier molecular flexibility index (Phi) is 4.12. The zero-order valence-electron chi connectivity index (χ0n) is 9.46. The Morgan fingerprint density at radius 1 is 1.62 bits per heavy atom. The molecule has 1 amide bonds. The molecule has 1 heterocycles. The molecule has 0 aromatic carbocycles. The molecule has 0 atom stereocenters. The highest BCUT2D eigenvalue weighted by Gasteiger charge is 2.26. The van der Waals surface area contributed by atoms with Gasteiger partial charge in [-0.3, -0.25) is 9.78 Å². The Labute approximate surface area is 100 Å². The second-order valence-corrected chi connectivity index (χ2v) is 4.51. The molecule has 0 saturated carbocycles. The van der Waals surface area contributed by atoms with E-state index in [0.29, 0.717) is 17.9 Å². The number of nitrogens with two attached hydrogens (primary N) is 1. The molecule has 5 heteroatoms. The predicted octanol–water partition coefficient (Wildman–Crippen LogP) is 1.54. The number of rotatable bonds is 4. The Morgan fingerprint density at radius 3 is 2.88 bits per heavy atom. The van der Waals surface area contributed by atoms with Gasteiger partial charge in [-0.05, 0) is 26.0 Å². The Bertz CT molecular complexity index is 379. The van der Waals surface area contributed by atoms with Gasteiger partial charge in [0.1, 0.15) is 0 Å². The van der Waals surface area contributed by atoms with Crippen molar-refractivity contribution in [3.05, 3.63) is 24.0 Å². The predicted molar refractivity (Wildman–Crippen MR) is 65.0 cm³/mol. The topological polar surface area (TPSA) is 68.0 Å². The van der Waals surface area contributed by atoms with Gasteiger partial charge in [0.25, 0.3) is 0 Å². The number of nitrogen functional groups attached to an aromatic ring is 1. The number of nitrogens with one attached hydrogen (secondary N) is 1. The third-order valence-electron chi connectivity index (χ3n) is 2.29. The zero-order valence-corrected chi connectivity index (χ0v) is 10.2. The minimum Gasteiger partial charge on any atom is -0.397 e. The number of halogens is 1. The number of amides is 1. The number of aromatic nitrogens is 1. The minimum atomic E-state index is -0.578. The first-order valence-corrected chi connectivity index (χ1v) is 5.54. The maximum atomic E-state index is 11.7. The van der Waals surface area contributed by atoms with E-state index in [1.165, 1.54) is 0 Å². The smallest absolute Gasteiger partial charge is 0.227 e. The molecule has 0 unspecified atom stereocenters. The average molecular weight is 242 g/mol. The standard InChI is InChI=1S/C11H16ClN3O/c1-11(2,7-12)10(16)15-6-9-8(13)4-3-5-14-9/h3-5H,6-7,13H2,1-2H3,(H,15,16). The number of nitrogens with zero attached hydrogens (tertiary/aromatic N) is 1. The lowest BCUT2D eigenvalue weighted by molar-refractivity contribution is -0.128. The summed E-state index contributed by atoms with van der Waals surface area (Å²) in [5.74, 6) is 0.170. The molecule has 0 saturated heterocycles. The van der Waals surface area contributed by atoms with E-state index < -0.39 is 5.41 Å². The van der Waals surface area contributed by atoms with E-state index in [0.717, 1.165) is 0 Å². The lowest BCUT2D eigenvalue weighted by Crippen LogP contribution is -2.37. The van der Waals surface area contributed by atoms with Crippen LogP contribution in [0.5, 0.6) is 0 Å². The van der Waals surface area contributed by atoms with E-state index in [1.807, 2.05) is 0 Å². The van der Waals surface area contributed by atoms with E-state index in [1.54, 1.807) is 32.2 Å². The Balaban J connectivity index is 2.59. The second-order valence-electron chi connectivity index (χ2n) is 4.24. The molecule has 1 aromatic rings. The summed E-state index contributed by atoms with van der Waals surface area (Å²) in [5, 5.41) is 2.77. The molecule has 3 N–H and O–H groups in total. The fourth-order valence-corrected chi connectivity index (χ4v) is 1.18. The minimum absolute atomic E-state index is 0.104. The summed E-state index contributed by atoms with van der Waals surface area (Å²) in [5.41, 5.74) is 6.37. The van der Waals surface area contributed by atoms with Gasteiger partial charge in [0.05, 0.1) is 23.3 Å². The summed E-state index contributed by atoms with van der Waals surface area (Å²) >= 11 is 5.70. The van der Waals surface area contributed by atoms with Crippen molar-refractivity contribution in [3.63, 3.8) is 0 Å². The van der Waals surface area contributed by atoms with Crippen LogP contribution in [-0.2, 0) is 11.3 Å². The molecule has 0 radical (unpaired) electrons. The maximum absolute atomic E-state index is 11.7. The molecule has 88 valence electrons. The van der Waals surface area contributed by atoms with Gasteiger partial charge in [0.2, 0.25) is 5.91 Å².